The number of H-pyrrole nitrogens is 1. The molecule has 0 unspecified atom stereocenters. The predicted octanol–water partition coefficient (Wildman–Crippen LogP) is 3.17. The second-order valence-corrected chi connectivity index (χ2v) is 9.44. The third-order valence-corrected chi connectivity index (χ3v) is 6.90. The maximum Gasteiger partial charge on any atom is 0.354 e. The van der Waals surface area contributed by atoms with Crippen LogP contribution in [0, 0.1) is 0 Å². The van der Waals surface area contributed by atoms with Gasteiger partial charge in [0.1, 0.15) is 0 Å². The van der Waals surface area contributed by atoms with Crippen LogP contribution in [0.25, 0.3) is 27.5 Å². The first-order valence-corrected chi connectivity index (χ1v) is 12.2. The van der Waals surface area contributed by atoms with E-state index < -0.39 is 17.2 Å². The fourth-order valence-electron chi connectivity index (χ4n) is 4.38. The molecule has 0 spiro atoms. The number of nitrogens with zero attached hydrogens (tertiary/aromatic N) is 2. The number of ketones is 1. The third-order valence-electron chi connectivity index (χ3n) is 5.93. The van der Waals surface area contributed by atoms with Crippen molar-refractivity contribution in [2.45, 2.75) is 13.0 Å². The molecule has 5 aromatic rings. The minimum absolute atomic E-state index is 0.0613. The number of benzene rings is 2. The summed E-state index contributed by atoms with van der Waals surface area (Å²) >= 11 is 7.50. The number of hydrogen-bond acceptors (Lipinski definition) is 6. The van der Waals surface area contributed by atoms with Crippen LogP contribution in [-0.2, 0) is 17.8 Å². The molecule has 0 aliphatic heterocycles. The van der Waals surface area contributed by atoms with Crippen molar-refractivity contribution in [3.05, 3.63) is 95.9 Å². The van der Waals surface area contributed by atoms with Crippen molar-refractivity contribution < 1.29 is 14.7 Å². The Kier molecular flexibility index (Phi) is 6.09. The summed E-state index contributed by atoms with van der Waals surface area (Å²) in [6.07, 6.45) is 0.162. The topological polar surface area (TPSA) is 140 Å². The Morgan fingerprint density at radius 3 is 2.58 bits per heavy atom. The zero-order chi connectivity index (χ0) is 25.6. The maximum atomic E-state index is 13.3. The summed E-state index contributed by atoms with van der Waals surface area (Å²) in [7, 11) is 0. The van der Waals surface area contributed by atoms with Gasteiger partial charge in [-0.05, 0) is 29.3 Å². The number of hydrogen-bond donors (Lipinski definition) is 3. The number of thiophene rings is 1. The highest BCUT2D eigenvalue weighted by molar-refractivity contribution is 7.09. The quantitative estimate of drug-likeness (QED) is 0.300. The van der Waals surface area contributed by atoms with Gasteiger partial charge in [0.05, 0.1) is 28.7 Å². The van der Waals surface area contributed by atoms with Crippen LogP contribution in [0.1, 0.15) is 21.6 Å². The molecule has 0 fully saturated rings. The Balaban J connectivity index is 1.78. The highest BCUT2D eigenvalue weighted by Gasteiger charge is 2.27. The van der Waals surface area contributed by atoms with E-state index in [0.717, 1.165) is 15.7 Å². The monoisotopic (exact) mass is 522 g/mol. The molecule has 0 saturated carbocycles. The van der Waals surface area contributed by atoms with Gasteiger partial charge in [0.25, 0.3) is 5.56 Å². The molecule has 9 nitrogen and oxygen atoms in total. The van der Waals surface area contributed by atoms with Gasteiger partial charge in [-0.2, -0.15) is 0 Å². The van der Waals surface area contributed by atoms with Gasteiger partial charge in [-0.15, -0.1) is 11.3 Å². The van der Waals surface area contributed by atoms with Crippen LogP contribution in [0.15, 0.2) is 62.8 Å². The summed E-state index contributed by atoms with van der Waals surface area (Å²) in [4.78, 5) is 53.4. The zero-order valence-electron chi connectivity index (χ0n) is 18.7. The molecule has 2 aromatic carbocycles. The molecular formula is C25H19ClN4O5S. The minimum Gasteiger partial charge on any atom is -0.477 e. The van der Waals surface area contributed by atoms with Crippen molar-refractivity contribution in [1.29, 1.82) is 0 Å². The molecule has 182 valence electrons. The van der Waals surface area contributed by atoms with E-state index in [1.54, 1.807) is 47.2 Å². The molecule has 0 aliphatic rings. The number of Topliss-reactive ketones (excluding diaryl/α,β-unsaturated/α-hetero) is 1. The van der Waals surface area contributed by atoms with E-state index in [1.807, 2.05) is 0 Å². The van der Waals surface area contributed by atoms with Crippen LogP contribution < -0.4 is 17.0 Å². The van der Waals surface area contributed by atoms with Gasteiger partial charge in [0, 0.05) is 34.1 Å². The first kappa shape index (κ1) is 23.7. The molecule has 5 rings (SSSR count). The molecule has 3 heterocycles. The second kappa shape index (κ2) is 9.23. The molecule has 0 atom stereocenters. The Morgan fingerprint density at radius 2 is 1.83 bits per heavy atom. The van der Waals surface area contributed by atoms with E-state index in [9.17, 15) is 24.3 Å². The van der Waals surface area contributed by atoms with Crippen molar-refractivity contribution in [3.63, 3.8) is 0 Å². The van der Waals surface area contributed by atoms with Gasteiger partial charge in [-0.1, -0.05) is 35.9 Å². The molecule has 0 saturated heterocycles. The number of rotatable bonds is 7. The van der Waals surface area contributed by atoms with E-state index in [0.29, 0.717) is 21.4 Å². The number of aromatic carboxylic acids is 1. The summed E-state index contributed by atoms with van der Waals surface area (Å²) in [5.74, 6) is -1.44. The number of nitrogens with one attached hydrogen (secondary N) is 1. The number of carboxylic acid groups (broad SMARTS) is 1. The lowest BCUT2D eigenvalue weighted by atomic mass is 10.1. The lowest BCUT2D eigenvalue weighted by Gasteiger charge is -2.11. The van der Waals surface area contributed by atoms with E-state index in [2.05, 4.69) is 4.98 Å². The fourth-order valence-corrected chi connectivity index (χ4v) is 5.31. The average Bonchev–Trinajstić information content (AvgIpc) is 3.42. The standard InChI is InChI=1S/C25H19ClN4O5S/c26-15-4-5-20-17(8-15)21(30-23(32)18-11-36-12-19(18)28-25(30)35)22(24(33)34)29(20)10-14-3-1-2-13(6-14)7-16(31)9-27/h1-6,8,11-12H,7,9-10,27H2,(H,28,35)(H,33,34). The molecule has 3 aromatic heterocycles. The summed E-state index contributed by atoms with van der Waals surface area (Å²) in [5, 5.41) is 14.5. The van der Waals surface area contributed by atoms with Gasteiger partial charge in [-0.25, -0.2) is 14.2 Å². The van der Waals surface area contributed by atoms with Gasteiger partial charge >= 0.3 is 11.7 Å². The van der Waals surface area contributed by atoms with Crippen LogP contribution in [-0.4, -0.2) is 37.5 Å². The highest BCUT2D eigenvalue weighted by atomic mass is 35.5. The van der Waals surface area contributed by atoms with E-state index in [-0.39, 0.29) is 42.1 Å². The summed E-state index contributed by atoms with van der Waals surface area (Å²) < 4.78 is 2.38. The number of halogens is 1. The lowest BCUT2D eigenvalue weighted by molar-refractivity contribution is -0.117. The van der Waals surface area contributed by atoms with Crippen molar-refractivity contribution in [1.82, 2.24) is 14.1 Å². The van der Waals surface area contributed by atoms with Gasteiger partial charge in [-0.3, -0.25) is 9.59 Å². The molecule has 0 amide bonds. The maximum absolute atomic E-state index is 13.3. The van der Waals surface area contributed by atoms with Crippen LogP contribution in [0.5, 0.6) is 0 Å². The number of fused-ring (bicyclic) bond motifs is 2. The van der Waals surface area contributed by atoms with Crippen molar-refractivity contribution >= 4 is 56.5 Å². The molecular weight excluding hydrogens is 504 g/mol. The van der Waals surface area contributed by atoms with Crippen molar-refractivity contribution in [2.24, 2.45) is 5.73 Å². The molecule has 0 bridgehead atoms. The Labute approximate surface area is 212 Å². The van der Waals surface area contributed by atoms with Crippen LogP contribution >= 0.6 is 22.9 Å². The number of carbonyl (C=O) groups is 2. The third kappa shape index (κ3) is 4.05. The number of nitrogens with two attached hydrogens (primary N) is 1. The van der Waals surface area contributed by atoms with Crippen molar-refractivity contribution in [3.8, 4) is 5.69 Å². The smallest absolute Gasteiger partial charge is 0.354 e. The number of aromatic amines is 1. The summed E-state index contributed by atoms with van der Waals surface area (Å²) in [5.41, 5.74) is 6.09. The first-order valence-electron chi connectivity index (χ1n) is 10.8. The summed E-state index contributed by atoms with van der Waals surface area (Å²) in [6, 6.07) is 12.0. The SMILES string of the molecule is NCC(=O)Cc1cccc(Cn2c(C(=O)O)c(-n3c(=O)[nH]c4cscc4c3=O)c3cc(Cl)ccc32)c1. The number of carboxylic acids is 1. The molecule has 4 N–H and O–H groups in total. The average molecular weight is 523 g/mol. The lowest BCUT2D eigenvalue weighted by Crippen LogP contribution is -2.34. The van der Waals surface area contributed by atoms with E-state index in [1.165, 1.54) is 22.0 Å². The Bertz CT molecular complexity index is 1800. The second-order valence-electron chi connectivity index (χ2n) is 8.26. The largest absolute Gasteiger partial charge is 0.477 e. The Morgan fingerprint density at radius 1 is 1.06 bits per heavy atom. The number of carbonyl (C=O) groups excluding carboxylic acids is 1. The minimum atomic E-state index is -1.32. The van der Waals surface area contributed by atoms with Crippen LogP contribution in [0.2, 0.25) is 5.02 Å². The molecule has 36 heavy (non-hydrogen) atoms. The predicted molar refractivity (Wildman–Crippen MR) is 139 cm³/mol. The van der Waals surface area contributed by atoms with E-state index in [4.69, 9.17) is 17.3 Å². The van der Waals surface area contributed by atoms with Crippen LogP contribution in [0.3, 0.4) is 0 Å². The fraction of sp³-hybridized carbons (Fsp3) is 0.120. The van der Waals surface area contributed by atoms with Crippen molar-refractivity contribution in [2.75, 3.05) is 6.54 Å². The number of aromatic nitrogens is 3. The first-order chi connectivity index (χ1) is 17.3. The van der Waals surface area contributed by atoms with Gasteiger partial charge in [0.15, 0.2) is 11.5 Å². The zero-order valence-corrected chi connectivity index (χ0v) is 20.2. The normalized spacial score (nSPS) is 11.4. The molecule has 11 heteroatoms. The van der Waals surface area contributed by atoms with Gasteiger partial charge < -0.3 is 20.4 Å². The summed E-state index contributed by atoms with van der Waals surface area (Å²) in [6.45, 7) is 0.0370. The Hall–Kier alpha value is -3.99. The highest BCUT2D eigenvalue weighted by Crippen LogP contribution is 2.32. The molecule has 0 radical (unpaired) electrons. The van der Waals surface area contributed by atoms with Gasteiger partial charge in [0.2, 0.25) is 0 Å². The van der Waals surface area contributed by atoms with Crippen LogP contribution in [0.4, 0.5) is 0 Å². The molecule has 0 aliphatic carbocycles. The van der Waals surface area contributed by atoms with E-state index >= 15 is 0 Å².